The third-order valence-corrected chi connectivity index (χ3v) is 6.35. The molecule has 4 aliphatic carbocycles. The van der Waals surface area contributed by atoms with E-state index in [-0.39, 0.29) is 18.2 Å². The van der Waals surface area contributed by atoms with Crippen LogP contribution in [0, 0.1) is 16.7 Å². The van der Waals surface area contributed by atoms with Crippen LogP contribution in [0.15, 0.2) is 12.5 Å². The summed E-state index contributed by atoms with van der Waals surface area (Å²) in [5, 5.41) is 9.45. The first-order valence-corrected chi connectivity index (χ1v) is 8.26. The lowest BCUT2D eigenvalue weighted by molar-refractivity contribution is -0.137. The van der Waals surface area contributed by atoms with Crippen LogP contribution in [-0.4, -0.2) is 21.3 Å². The van der Waals surface area contributed by atoms with Crippen molar-refractivity contribution in [3.05, 3.63) is 18.2 Å². The molecule has 4 heteroatoms. The summed E-state index contributed by atoms with van der Waals surface area (Å²) in [4.78, 5) is 4.37. The van der Waals surface area contributed by atoms with Gasteiger partial charge in [0.25, 0.3) is 0 Å². The van der Waals surface area contributed by atoms with Crippen molar-refractivity contribution < 1.29 is 5.11 Å². The molecule has 4 bridgehead atoms. The average molecular weight is 289 g/mol. The van der Waals surface area contributed by atoms with Crippen molar-refractivity contribution in [2.24, 2.45) is 22.5 Å². The lowest BCUT2D eigenvalue weighted by Crippen LogP contribution is -2.59. The van der Waals surface area contributed by atoms with Crippen molar-refractivity contribution >= 4 is 0 Å². The number of nitrogens with zero attached hydrogens (tertiary/aromatic N) is 2. The Balaban J connectivity index is 1.80. The Morgan fingerprint density at radius 1 is 1.29 bits per heavy atom. The van der Waals surface area contributed by atoms with Gasteiger partial charge in [0.2, 0.25) is 0 Å². The second kappa shape index (κ2) is 4.11. The molecule has 3 atom stereocenters. The topological polar surface area (TPSA) is 64.1 Å². The van der Waals surface area contributed by atoms with Gasteiger partial charge in [0.05, 0.1) is 24.7 Å². The molecule has 0 aromatic carbocycles. The van der Waals surface area contributed by atoms with Crippen molar-refractivity contribution in [3.8, 4) is 0 Å². The van der Waals surface area contributed by atoms with Gasteiger partial charge in [-0.15, -0.1) is 0 Å². The van der Waals surface area contributed by atoms with Crippen LogP contribution in [0.4, 0.5) is 0 Å². The zero-order valence-corrected chi connectivity index (χ0v) is 13.2. The smallest absolute Gasteiger partial charge is 0.0953 e. The molecule has 1 aromatic rings. The van der Waals surface area contributed by atoms with Gasteiger partial charge in [0.1, 0.15) is 0 Å². The maximum absolute atomic E-state index is 9.45. The fourth-order valence-electron chi connectivity index (χ4n) is 6.73. The molecule has 1 aromatic heterocycles. The molecule has 4 aliphatic rings. The Morgan fingerprint density at radius 2 is 1.95 bits per heavy atom. The van der Waals surface area contributed by atoms with Gasteiger partial charge in [-0.2, -0.15) is 0 Å². The van der Waals surface area contributed by atoms with Crippen LogP contribution >= 0.6 is 0 Å². The van der Waals surface area contributed by atoms with E-state index in [4.69, 9.17) is 5.73 Å². The first kappa shape index (κ1) is 13.8. The summed E-state index contributed by atoms with van der Waals surface area (Å²) >= 11 is 0. The Bertz CT molecular complexity index is 548. The van der Waals surface area contributed by atoms with Crippen LogP contribution in [0.2, 0.25) is 0 Å². The summed E-state index contributed by atoms with van der Waals surface area (Å²) in [7, 11) is 0. The van der Waals surface area contributed by atoms with Gasteiger partial charge in [0.15, 0.2) is 0 Å². The largest absolute Gasteiger partial charge is 0.394 e. The highest BCUT2D eigenvalue weighted by molar-refractivity contribution is 5.18. The Hall–Kier alpha value is -0.870. The molecule has 0 aliphatic heterocycles. The van der Waals surface area contributed by atoms with Crippen molar-refractivity contribution in [1.82, 2.24) is 9.55 Å². The van der Waals surface area contributed by atoms with Crippen LogP contribution in [0.25, 0.3) is 0 Å². The molecule has 4 nitrogen and oxygen atoms in total. The highest BCUT2D eigenvalue weighted by Crippen LogP contribution is 2.68. The number of rotatable bonds is 3. The summed E-state index contributed by atoms with van der Waals surface area (Å²) in [5.74, 6) is 0.844. The van der Waals surface area contributed by atoms with Crippen LogP contribution in [0.5, 0.6) is 0 Å². The minimum absolute atomic E-state index is 0.0141. The Labute approximate surface area is 126 Å². The number of imidazole rings is 1. The van der Waals surface area contributed by atoms with E-state index in [0.717, 1.165) is 11.6 Å². The first-order valence-electron chi connectivity index (χ1n) is 8.26. The van der Waals surface area contributed by atoms with Gasteiger partial charge in [-0.25, -0.2) is 4.98 Å². The first-order chi connectivity index (χ1) is 9.87. The molecule has 21 heavy (non-hydrogen) atoms. The monoisotopic (exact) mass is 289 g/mol. The average Bonchev–Trinajstić information content (AvgIpc) is 2.83. The predicted octanol–water partition coefficient (Wildman–Crippen LogP) is 2.58. The maximum Gasteiger partial charge on any atom is 0.0953 e. The number of aromatic nitrogens is 2. The van der Waals surface area contributed by atoms with Gasteiger partial charge in [-0.05, 0) is 55.3 Å². The highest BCUT2D eigenvalue weighted by Gasteiger charge is 2.61. The molecule has 0 radical (unpaired) electrons. The minimum Gasteiger partial charge on any atom is -0.394 e. The van der Waals surface area contributed by atoms with Gasteiger partial charge in [0, 0.05) is 11.7 Å². The second-order valence-electron chi connectivity index (χ2n) is 8.83. The molecule has 116 valence electrons. The van der Waals surface area contributed by atoms with Crippen molar-refractivity contribution in [2.45, 2.75) is 64.0 Å². The summed E-state index contributed by atoms with van der Waals surface area (Å²) in [6.45, 7) is 4.94. The molecule has 0 spiro atoms. The van der Waals surface area contributed by atoms with Crippen LogP contribution in [-0.2, 0) is 5.54 Å². The van der Waals surface area contributed by atoms with E-state index in [1.165, 1.54) is 38.5 Å². The molecule has 4 fully saturated rings. The van der Waals surface area contributed by atoms with E-state index in [2.05, 4.69) is 23.4 Å². The lowest BCUT2D eigenvalue weighted by atomic mass is 9.42. The molecule has 1 heterocycles. The highest BCUT2D eigenvalue weighted by atomic mass is 16.3. The molecule has 0 saturated heterocycles. The third-order valence-electron chi connectivity index (χ3n) is 6.35. The third kappa shape index (κ3) is 1.92. The van der Waals surface area contributed by atoms with Gasteiger partial charge < -0.3 is 15.4 Å². The van der Waals surface area contributed by atoms with Crippen molar-refractivity contribution in [1.29, 1.82) is 0 Å². The predicted molar refractivity (Wildman–Crippen MR) is 81.6 cm³/mol. The number of hydrogen-bond donors (Lipinski definition) is 2. The molecular weight excluding hydrogens is 262 g/mol. The van der Waals surface area contributed by atoms with Gasteiger partial charge >= 0.3 is 0 Å². The van der Waals surface area contributed by atoms with Gasteiger partial charge in [-0.3, -0.25) is 0 Å². The zero-order chi connectivity index (χ0) is 14.9. The maximum atomic E-state index is 9.45. The number of hydrogen-bond acceptors (Lipinski definition) is 3. The molecular formula is C17H27N3O. The van der Waals surface area contributed by atoms with E-state index in [0.29, 0.717) is 10.8 Å². The number of aliphatic hydroxyl groups excluding tert-OH is 1. The SMILES string of the molecule is CC12CC3CC(C)(C1)CC(n1cncc1C(N)CO)(C3)C2. The normalized spacial score (nSPS) is 46.0. The standard InChI is InChI=1S/C17H27N3O/c1-15-3-12-4-16(2,8-15)10-17(5-12,9-15)20-11-19-6-14(20)13(18)7-21/h6,11-13,21H,3-5,7-10,18H2,1-2H3. The number of nitrogens with two attached hydrogens (primary N) is 1. The van der Waals surface area contributed by atoms with Gasteiger partial charge in [-0.1, -0.05) is 13.8 Å². The van der Waals surface area contributed by atoms with Crippen LogP contribution in [0.3, 0.4) is 0 Å². The number of aliphatic hydroxyl groups is 1. The van der Waals surface area contributed by atoms with Crippen molar-refractivity contribution in [3.63, 3.8) is 0 Å². The zero-order valence-electron chi connectivity index (χ0n) is 13.2. The molecule has 5 rings (SSSR count). The summed E-state index contributed by atoms with van der Waals surface area (Å²) < 4.78 is 2.34. The Morgan fingerprint density at radius 3 is 2.52 bits per heavy atom. The minimum atomic E-state index is -0.318. The van der Waals surface area contributed by atoms with Crippen molar-refractivity contribution in [2.75, 3.05) is 6.61 Å². The molecule has 4 saturated carbocycles. The van der Waals surface area contributed by atoms with E-state index in [1.54, 1.807) is 0 Å². The van der Waals surface area contributed by atoms with E-state index in [1.807, 2.05) is 12.5 Å². The quantitative estimate of drug-likeness (QED) is 0.899. The molecule has 0 amide bonds. The summed E-state index contributed by atoms with van der Waals surface area (Å²) in [6.07, 6.45) is 11.7. The fraction of sp³-hybridized carbons (Fsp3) is 0.824. The fourth-order valence-corrected chi connectivity index (χ4v) is 6.73. The van der Waals surface area contributed by atoms with E-state index < -0.39 is 0 Å². The lowest BCUT2D eigenvalue weighted by Gasteiger charge is -2.65. The Kier molecular flexibility index (Phi) is 2.69. The van der Waals surface area contributed by atoms with E-state index >= 15 is 0 Å². The van der Waals surface area contributed by atoms with Crippen LogP contribution in [0.1, 0.15) is 64.1 Å². The molecule has 3 unspecified atom stereocenters. The van der Waals surface area contributed by atoms with Crippen LogP contribution < -0.4 is 5.73 Å². The second-order valence-corrected chi connectivity index (χ2v) is 8.83. The summed E-state index contributed by atoms with van der Waals surface area (Å²) in [6, 6.07) is -0.318. The molecule has 3 N–H and O–H groups in total. The summed E-state index contributed by atoms with van der Waals surface area (Å²) in [5.41, 5.74) is 8.24. The van der Waals surface area contributed by atoms with E-state index in [9.17, 15) is 5.11 Å².